The Balaban J connectivity index is 2.69. The van der Waals surface area contributed by atoms with Crippen LogP contribution in [0.1, 0.15) is 52.9 Å². The predicted molar refractivity (Wildman–Crippen MR) is 55.6 cm³/mol. The van der Waals surface area contributed by atoms with E-state index in [1.807, 2.05) is 6.08 Å². The Labute approximate surface area is 81.2 Å². The maximum atomic E-state index is 11.2. The van der Waals surface area contributed by atoms with Crippen molar-refractivity contribution < 1.29 is 4.79 Å². The van der Waals surface area contributed by atoms with E-state index >= 15 is 0 Å². The highest BCUT2D eigenvalue weighted by atomic mass is 16.1. The molecule has 0 saturated heterocycles. The largest absolute Gasteiger partial charge is 0.295 e. The van der Waals surface area contributed by atoms with Crippen LogP contribution in [0.4, 0.5) is 0 Å². The lowest BCUT2D eigenvalue weighted by atomic mass is 9.73. The minimum absolute atomic E-state index is 0.267. The van der Waals surface area contributed by atoms with Crippen LogP contribution in [0.3, 0.4) is 0 Å². The van der Waals surface area contributed by atoms with Crippen molar-refractivity contribution in [1.82, 2.24) is 0 Å². The molecule has 0 aromatic carbocycles. The summed E-state index contributed by atoms with van der Waals surface area (Å²) in [6, 6.07) is 0. The number of carbonyl (C=O) groups is 1. The smallest absolute Gasteiger partial charge is 0.155 e. The molecule has 1 rings (SSSR count). The third-order valence-electron chi connectivity index (χ3n) is 3.00. The predicted octanol–water partition coefficient (Wildman–Crippen LogP) is 3.49. The lowest BCUT2D eigenvalue weighted by molar-refractivity contribution is -0.115. The van der Waals surface area contributed by atoms with E-state index < -0.39 is 0 Å². The number of carbonyl (C=O) groups excluding carboxylic acids is 1. The Morgan fingerprint density at radius 1 is 1.46 bits per heavy atom. The Bertz CT molecular complexity index is 223. The summed E-state index contributed by atoms with van der Waals surface area (Å²) in [4.78, 5) is 11.2. The molecule has 1 nitrogen and oxygen atoms in total. The van der Waals surface area contributed by atoms with Crippen molar-refractivity contribution in [2.24, 2.45) is 5.41 Å². The highest BCUT2D eigenvalue weighted by molar-refractivity contribution is 5.91. The van der Waals surface area contributed by atoms with Crippen molar-refractivity contribution in [3.05, 3.63) is 11.6 Å². The van der Waals surface area contributed by atoms with Gasteiger partial charge >= 0.3 is 0 Å². The molecule has 0 aliphatic heterocycles. The van der Waals surface area contributed by atoms with Crippen LogP contribution < -0.4 is 0 Å². The summed E-state index contributed by atoms with van der Waals surface area (Å²) < 4.78 is 0. The van der Waals surface area contributed by atoms with Crippen molar-refractivity contribution in [2.45, 2.75) is 52.9 Å². The van der Waals surface area contributed by atoms with Crippen LogP contribution in [0.2, 0.25) is 0 Å². The zero-order valence-corrected chi connectivity index (χ0v) is 9.02. The van der Waals surface area contributed by atoms with E-state index in [1.165, 1.54) is 18.4 Å². The van der Waals surface area contributed by atoms with Gasteiger partial charge in [0, 0.05) is 6.42 Å². The number of ketones is 1. The maximum absolute atomic E-state index is 11.2. The van der Waals surface area contributed by atoms with Gasteiger partial charge in [0.15, 0.2) is 5.78 Å². The van der Waals surface area contributed by atoms with Gasteiger partial charge in [0.2, 0.25) is 0 Å². The molecule has 74 valence electrons. The van der Waals surface area contributed by atoms with Crippen LogP contribution >= 0.6 is 0 Å². The molecule has 0 N–H and O–H groups in total. The van der Waals surface area contributed by atoms with Gasteiger partial charge in [-0.05, 0) is 30.8 Å². The first-order chi connectivity index (χ1) is 6.06. The molecule has 0 atom stereocenters. The molecule has 0 unspecified atom stereocenters. The minimum atomic E-state index is 0.267. The second kappa shape index (κ2) is 4.08. The summed E-state index contributed by atoms with van der Waals surface area (Å²) in [5, 5.41) is 0. The van der Waals surface area contributed by atoms with Gasteiger partial charge in [0.05, 0.1) is 0 Å². The monoisotopic (exact) mass is 180 g/mol. The zero-order chi connectivity index (χ0) is 9.90. The topological polar surface area (TPSA) is 17.1 Å². The average molecular weight is 180 g/mol. The summed E-state index contributed by atoms with van der Waals surface area (Å²) in [5.74, 6) is 0.324. The molecule has 1 heteroatoms. The van der Waals surface area contributed by atoms with Gasteiger partial charge in [0.1, 0.15) is 0 Å². The van der Waals surface area contributed by atoms with Crippen LogP contribution in [-0.4, -0.2) is 5.78 Å². The first kappa shape index (κ1) is 10.5. The third-order valence-corrected chi connectivity index (χ3v) is 3.00. The number of hydrogen-bond donors (Lipinski definition) is 0. The molecule has 0 aromatic heterocycles. The standard InChI is InChI=1S/C12H20O/c1-4-5-6-10-9-11(13)7-8-12(10,2)3/h9H,4-8H2,1-3H3. The van der Waals surface area contributed by atoms with Crippen LogP contribution in [0, 0.1) is 5.41 Å². The van der Waals surface area contributed by atoms with Gasteiger partial charge in [-0.3, -0.25) is 4.79 Å². The van der Waals surface area contributed by atoms with E-state index in [9.17, 15) is 4.79 Å². The molecule has 0 heterocycles. The van der Waals surface area contributed by atoms with Crippen molar-refractivity contribution in [2.75, 3.05) is 0 Å². The summed E-state index contributed by atoms with van der Waals surface area (Å²) in [6.45, 7) is 6.69. The van der Waals surface area contributed by atoms with E-state index in [2.05, 4.69) is 20.8 Å². The molecular weight excluding hydrogens is 160 g/mol. The number of allylic oxidation sites excluding steroid dienone is 2. The van der Waals surface area contributed by atoms with E-state index in [1.54, 1.807) is 0 Å². The summed E-state index contributed by atoms with van der Waals surface area (Å²) in [6.07, 6.45) is 7.18. The summed E-state index contributed by atoms with van der Waals surface area (Å²) >= 11 is 0. The molecule has 0 radical (unpaired) electrons. The van der Waals surface area contributed by atoms with Gasteiger partial charge in [-0.25, -0.2) is 0 Å². The Morgan fingerprint density at radius 2 is 2.15 bits per heavy atom. The van der Waals surface area contributed by atoms with Gasteiger partial charge in [0.25, 0.3) is 0 Å². The third kappa shape index (κ3) is 2.68. The highest BCUT2D eigenvalue weighted by Gasteiger charge is 2.27. The lowest BCUT2D eigenvalue weighted by Gasteiger charge is -2.31. The second-order valence-corrected chi connectivity index (χ2v) is 4.62. The molecule has 0 spiro atoms. The van der Waals surface area contributed by atoms with E-state index in [0.29, 0.717) is 5.78 Å². The van der Waals surface area contributed by atoms with Gasteiger partial charge in [-0.15, -0.1) is 0 Å². The van der Waals surface area contributed by atoms with Gasteiger partial charge in [-0.1, -0.05) is 32.8 Å². The first-order valence-electron chi connectivity index (χ1n) is 5.30. The fourth-order valence-corrected chi connectivity index (χ4v) is 1.84. The summed E-state index contributed by atoms with van der Waals surface area (Å²) in [7, 11) is 0. The molecule has 0 amide bonds. The highest BCUT2D eigenvalue weighted by Crippen LogP contribution is 2.37. The van der Waals surface area contributed by atoms with E-state index in [-0.39, 0.29) is 5.41 Å². The Hall–Kier alpha value is -0.590. The number of hydrogen-bond acceptors (Lipinski definition) is 1. The van der Waals surface area contributed by atoms with Crippen LogP contribution in [0.25, 0.3) is 0 Å². The fraction of sp³-hybridized carbons (Fsp3) is 0.750. The molecule has 1 aliphatic carbocycles. The van der Waals surface area contributed by atoms with E-state index in [0.717, 1.165) is 19.3 Å². The number of unbranched alkanes of at least 4 members (excludes halogenated alkanes) is 1. The normalized spacial score (nSPS) is 21.5. The molecule has 0 saturated carbocycles. The fourth-order valence-electron chi connectivity index (χ4n) is 1.84. The minimum Gasteiger partial charge on any atom is -0.295 e. The van der Waals surface area contributed by atoms with Gasteiger partial charge < -0.3 is 0 Å². The first-order valence-corrected chi connectivity index (χ1v) is 5.30. The summed E-state index contributed by atoms with van der Waals surface area (Å²) in [5.41, 5.74) is 1.63. The number of rotatable bonds is 3. The molecular formula is C12H20O. The molecule has 1 aliphatic rings. The second-order valence-electron chi connectivity index (χ2n) is 4.62. The SMILES string of the molecule is CCCCC1=CC(=O)CCC1(C)C. The quantitative estimate of drug-likeness (QED) is 0.649. The van der Waals surface area contributed by atoms with Crippen molar-refractivity contribution in [3.8, 4) is 0 Å². The molecule has 0 bridgehead atoms. The van der Waals surface area contributed by atoms with Crippen molar-refractivity contribution in [3.63, 3.8) is 0 Å². The van der Waals surface area contributed by atoms with E-state index in [4.69, 9.17) is 0 Å². The molecule has 0 fully saturated rings. The molecule has 0 aromatic rings. The lowest BCUT2D eigenvalue weighted by Crippen LogP contribution is -2.22. The maximum Gasteiger partial charge on any atom is 0.155 e. The van der Waals surface area contributed by atoms with Crippen molar-refractivity contribution in [1.29, 1.82) is 0 Å². The van der Waals surface area contributed by atoms with Gasteiger partial charge in [-0.2, -0.15) is 0 Å². The molecule has 13 heavy (non-hydrogen) atoms. The Morgan fingerprint density at radius 3 is 2.77 bits per heavy atom. The Kier molecular flexibility index (Phi) is 3.29. The van der Waals surface area contributed by atoms with Crippen LogP contribution in [0.5, 0.6) is 0 Å². The van der Waals surface area contributed by atoms with Crippen molar-refractivity contribution >= 4 is 5.78 Å². The average Bonchev–Trinajstić information content (AvgIpc) is 2.07. The zero-order valence-electron chi connectivity index (χ0n) is 9.02. The van der Waals surface area contributed by atoms with Crippen LogP contribution in [0.15, 0.2) is 11.6 Å². The van der Waals surface area contributed by atoms with Crippen LogP contribution in [-0.2, 0) is 4.79 Å².